The van der Waals surface area contributed by atoms with E-state index in [1.807, 2.05) is 6.07 Å². The highest BCUT2D eigenvalue weighted by atomic mass is 79.9. The maximum atomic E-state index is 3.60. The highest BCUT2D eigenvalue weighted by Crippen LogP contribution is 2.29. The first kappa shape index (κ1) is 13.5. The minimum atomic E-state index is 0.840. The van der Waals surface area contributed by atoms with Crippen molar-refractivity contribution >= 4 is 27.3 Å². The van der Waals surface area contributed by atoms with E-state index in [0.29, 0.717) is 0 Å². The number of nitrogens with zero attached hydrogens (tertiary/aromatic N) is 1. The molecule has 2 aromatic rings. The Hall–Kier alpha value is -1.48. The lowest BCUT2D eigenvalue weighted by Crippen LogP contribution is -2.19. The van der Waals surface area contributed by atoms with Gasteiger partial charge in [0.15, 0.2) is 0 Å². The van der Waals surface area contributed by atoms with Crippen LogP contribution in [0.5, 0.6) is 0 Å². The van der Waals surface area contributed by atoms with Gasteiger partial charge in [-0.3, -0.25) is 0 Å². The van der Waals surface area contributed by atoms with E-state index in [0.717, 1.165) is 11.0 Å². The van der Waals surface area contributed by atoms with Gasteiger partial charge in [-0.2, -0.15) is 0 Å². The van der Waals surface area contributed by atoms with Crippen molar-refractivity contribution < 1.29 is 0 Å². The molecule has 0 atom stereocenters. The van der Waals surface area contributed by atoms with Gasteiger partial charge in [0.25, 0.3) is 0 Å². The second kappa shape index (κ2) is 6.31. The Bertz CT molecular complexity index is 577. The van der Waals surface area contributed by atoms with Gasteiger partial charge in [0.05, 0.1) is 11.4 Å². The molecule has 3 heteroatoms. The second-order valence-electron chi connectivity index (χ2n) is 5.16. The Labute approximate surface area is 128 Å². The predicted molar refractivity (Wildman–Crippen MR) is 89.4 cm³/mol. The van der Waals surface area contributed by atoms with Gasteiger partial charge in [0.1, 0.15) is 0 Å². The van der Waals surface area contributed by atoms with Crippen LogP contribution >= 0.6 is 15.9 Å². The molecule has 0 aromatic heterocycles. The van der Waals surface area contributed by atoms with Gasteiger partial charge < -0.3 is 10.2 Å². The number of benzene rings is 2. The van der Waals surface area contributed by atoms with Gasteiger partial charge in [-0.15, -0.1) is 0 Å². The summed E-state index contributed by atoms with van der Waals surface area (Å²) in [5.74, 6) is 0. The lowest BCUT2D eigenvalue weighted by molar-refractivity contribution is 0.949. The van der Waals surface area contributed by atoms with Crippen molar-refractivity contribution in [3.05, 3.63) is 58.6 Å². The zero-order chi connectivity index (χ0) is 13.8. The van der Waals surface area contributed by atoms with Crippen molar-refractivity contribution in [2.45, 2.75) is 19.4 Å². The molecule has 0 radical (unpaired) electrons. The summed E-state index contributed by atoms with van der Waals surface area (Å²) in [6, 6.07) is 17.0. The fourth-order valence-corrected chi connectivity index (χ4v) is 3.11. The van der Waals surface area contributed by atoms with Crippen LogP contribution in [-0.2, 0) is 6.54 Å². The van der Waals surface area contributed by atoms with Gasteiger partial charge in [0.2, 0.25) is 0 Å². The molecule has 1 aliphatic rings. The molecule has 2 aromatic carbocycles. The molecule has 1 aliphatic heterocycles. The molecule has 104 valence electrons. The maximum absolute atomic E-state index is 3.60. The third kappa shape index (κ3) is 2.98. The van der Waals surface area contributed by atoms with E-state index in [4.69, 9.17) is 0 Å². The van der Waals surface area contributed by atoms with Crippen molar-refractivity contribution in [1.82, 2.24) is 0 Å². The van der Waals surface area contributed by atoms with Gasteiger partial charge in [-0.1, -0.05) is 46.3 Å². The van der Waals surface area contributed by atoms with Gasteiger partial charge in [-0.05, 0) is 36.6 Å². The summed E-state index contributed by atoms with van der Waals surface area (Å²) >= 11 is 3.60. The summed E-state index contributed by atoms with van der Waals surface area (Å²) < 4.78 is 1.16. The highest BCUT2D eigenvalue weighted by Gasteiger charge is 2.15. The first-order chi connectivity index (χ1) is 9.84. The van der Waals surface area contributed by atoms with E-state index < -0.39 is 0 Å². The Kier molecular flexibility index (Phi) is 4.26. The SMILES string of the molecule is Brc1ccccc1CNc1ccccc1N1CCCC1. The van der Waals surface area contributed by atoms with Crippen LogP contribution in [-0.4, -0.2) is 13.1 Å². The number of halogens is 1. The maximum Gasteiger partial charge on any atom is 0.0602 e. The zero-order valence-electron chi connectivity index (χ0n) is 11.5. The van der Waals surface area contributed by atoms with Crippen LogP contribution in [0, 0.1) is 0 Å². The first-order valence-corrected chi connectivity index (χ1v) is 7.95. The summed E-state index contributed by atoms with van der Waals surface area (Å²) in [7, 11) is 0. The van der Waals surface area contributed by atoms with Crippen LogP contribution in [0.2, 0.25) is 0 Å². The summed E-state index contributed by atoms with van der Waals surface area (Å²) in [5.41, 5.74) is 3.84. The minimum Gasteiger partial charge on any atom is -0.379 e. The second-order valence-corrected chi connectivity index (χ2v) is 6.01. The Morgan fingerprint density at radius 1 is 0.950 bits per heavy atom. The lowest BCUT2D eigenvalue weighted by atomic mass is 10.2. The van der Waals surface area contributed by atoms with Crippen LogP contribution in [0.3, 0.4) is 0 Å². The van der Waals surface area contributed by atoms with Crippen molar-refractivity contribution in [2.24, 2.45) is 0 Å². The lowest BCUT2D eigenvalue weighted by Gasteiger charge is -2.22. The van der Waals surface area contributed by atoms with E-state index in [1.54, 1.807) is 0 Å². The molecule has 2 nitrogen and oxygen atoms in total. The number of hydrogen-bond donors (Lipinski definition) is 1. The molecule has 1 heterocycles. The molecule has 1 N–H and O–H groups in total. The minimum absolute atomic E-state index is 0.840. The first-order valence-electron chi connectivity index (χ1n) is 7.16. The number of hydrogen-bond acceptors (Lipinski definition) is 2. The molecule has 1 saturated heterocycles. The summed E-state index contributed by atoms with van der Waals surface area (Å²) in [5, 5.41) is 3.58. The van der Waals surface area contributed by atoms with E-state index in [2.05, 4.69) is 68.6 Å². The van der Waals surface area contributed by atoms with Gasteiger partial charge >= 0.3 is 0 Å². The van der Waals surface area contributed by atoms with Crippen molar-refractivity contribution in [2.75, 3.05) is 23.3 Å². The average Bonchev–Trinajstić information content (AvgIpc) is 3.01. The van der Waals surface area contributed by atoms with E-state index >= 15 is 0 Å². The predicted octanol–water partition coefficient (Wildman–Crippen LogP) is 4.66. The fraction of sp³-hybridized carbons (Fsp3) is 0.294. The molecule has 0 unspecified atom stereocenters. The zero-order valence-corrected chi connectivity index (χ0v) is 13.1. The summed E-state index contributed by atoms with van der Waals surface area (Å²) in [6.07, 6.45) is 2.61. The molecule has 0 aliphatic carbocycles. The van der Waals surface area contributed by atoms with Crippen molar-refractivity contribution in [3.8, 4) is 0 Å². The third-order valence-corrected chi connectivity index (χ3v) is 4.55. The number of para-hydroxylation sites is 2. The monoisotopic (exact) mass is 330 g/mol. The van der Waals surface area contributed by atoms with E-state index in [-0.39, 0.29) is 0 Å². The van der Waals surface area contributed by atoms with E-state index in [9.17, 15) is 0 Å². The third-order valence-electron chi connectivity index (χ3n) is 3.78. The molecule has 1 fully saturated rings. The fourth-order valence-electron chi connectivity index (χ4n) is 2.69. The molecule has 0 bridgehead atoms. The van der Waals surface area contributed by atoms with Crippen molar-refractivity contribution in [1.29, 1.82) is 0 Å². The average molecular weight is 331 g/mol. The molecular weight excluding hydrogens is 312 g/mol. The number of rotatable bonds is 4. The van der Waals surface area contributed by atoms with Crippen molar-refractivity contribution in [3.63, 3.8) is 0 Å². The number of nitrogens with one attached hydrogen (secondary N) is 1. The molecule has 0 amide bonds. The summed E-state index contributed by atoms with van der Waals surface area (Å²) in [6.45, 7) is 3.19. The molecule has 0 saturated carbocycles. The molecule has 20 heavy (non-hydrogen) atoms. The molecular formula is C17H19BrN2. The topological polar surface area (TPSA) is 15.3 Å². The van der Waals surface area contributed by atoms with Crippen LogP contribution in [0.4, 0.5) is 11.4 Å². The smallest absolute Gasteiger partial charge is 0.0602 e. The standard InChI is InChI=1S/C17H19BrN2/c18-15-8-2-1-7-14(15)13-19-16-9-3-4-10-17(16)20-11-5-6-12-20/h1-4,7-10,19H,5-6,11-13H2. The Balaban J connectivity index is 1.76. The molecule has 3 rings (SSSR count). The van der Waals surface area contributed by atoms with E-state index in [1.165, 1.54) is 42.9 Å². The van der Waals surface area contributed by atoms with Crippen LogP contribution in [0.15, 0.2) is 53.0 Å². The quantitative estimate of drug-likeness (QED) is 0.876. The Morgan fingerprint density at radius 3 is 2.45 bits per heavy atom. The largest absolute Gasteiger partial charge is 0.379 e. The van der Waals surface area contributed by atoms with Crippen LogP contribution in [0.1, 0.15) is 18.4 Å². The molecule has 0 spiro atoms. The number of anilines is 2. The normalized spacial score (nSPS) is 14.6. The summed E-state index contributed by atoms with van der Waals surface area (Å²) in [4.78, 5) is 2.47. The van der Waals surface area contributed by atoms with Gasteiger partial charge in [-0.25, -0.2) is 0 Å². The van der Waals surface area contributed by atoms with Gasteiger partial charge in [0, 0.05) is 24.1 Å². The Morgan fingerprint density at radius 2 is 1.65 bits per heavy atom. The highest BCUT2D eigenvalue weighted by molar-refractivity contribution is 9.10. The van der Waals surface area contributed by atoms with Crippen LogP contribution < -0.4 is 10.2 Å². The van der Waals surface area contributed by atoms with Crippen LogP contribution in [0.25, 0.3) is 0 Å².